The van der Waals surface area contributed by atoms with Crippen LogP contribution in [-0.4, -0.2) is 38.7 Å². The number of nitrogens with zero attached hydrogens (tertiary/aromatic N) is 3. The van der Waals surface area contributed by atoms with Gasteiger partial charge in [0.25, 0.3) is 5.91 Å². The highest BCUT2D eigenvalue weighted by molar-refractivity contribution is 5.93. The zero-order valence-corrected chi connectivity index (χ0v) is 12.0. The molecule has 2 aromatic heterocycles. The molecular weight excluding hydrogens is 268 g/mol. The summed E-state index contributed by atoms with van der Waals surface area (Å²) in [7, 11) is 0. The molecule has 3 rings (SSSR count). The molecule has 0 saturated carbocycles. The summed E-state index contributed by atoms with van der Waals surface area (Å²) in [5.41, 5.74) is 0.702. The zero-order chi connectivity index (χ0) is 14.7. The predicted molar refractivity (Wildman–Crippen MR) is 77.8 cm³/mol. The van der Waals surface area contributed by atoms with Crippen LogP contribution in [0, 0.1) is 0 Å². The second kappa shape index (κ2) is 6.09. The minimum atomic E-state index is -0.198. The van der Waals surface area contributed by atoms with Gasteiger partial charge >= 0.3 is 0 Å². The normalized spacial score (nSPS) is 17.6. The average molecular weight is 288 g/mol. The first kappa shape index (κ1) is 13.8. The van der Waals surface area contributed by atoms with Crippen LogP contribution >= 0.6 is 0 Å². The maximum absolute atomic E-state index is 12.5. The number of aromatic nitrogens is 4. The van der Waals surface area contributed by atoms with E-state index >= 15 is 0 Å². The van der Waals surface area contributed by atoms with Crippen LogP contribution in [0.2, 0.25) is 0 Å². The molecule has 1 saturated heterocycles. The standard InChI is InChI=1S/C14H20N6O/c1-10(13-16-9-17-19-13)18-14(21)12-3-2-8-20(12)11-4-6-15-7-5-11/h2-3,8-11,15H,4-7H2,1H3,(H,18,21)(H,16,17,19). The average Bonchev–Trinajstić information content (AvgIpc) is 3.19. The van der Waals surface area contributed by atoms with Crippen molar-refractivity contribution < 1.29 is 4.79 Å². The molecule has 1 aliphatic heterocycles. The van der Waals surface area contributed by atoms with Crippen molar-refractivity contribution in [3.63, 3.8) is 0 Å². The molecule has 0 radical (unpaired) electrons. The smallest absolute Gasteiger partial charge is 0.268 e. The minimum absolute atomic E-state index is 0.0811. The molecule has 3 N–H and O–H groups in total. The first-order chi connectivity index (χ1) is 10.3. The molecule has 112 valence electrons. The Labute approximate surface area is 123 Å². The van der Waals surface area contributed by atoms with Gasteiger partial charge in [-0.05, 0) is 45.0 Å². The van der Waals surface area contributed by atoms with Crippen molar-refractivity contribution in [2.24, 2.45) is 0 Å². The lowest BCUT2D eigenvalue weighted by Crippen LogP contribution is -2.33. The molecular formula is C14H20N6O. The van der Waals surface area contributed by atoms with Gasteiger partial charge in [-0.2, -0.15) is 5.10 Å². The quantitative estimate of drug-likeness (QED) is 0.784. The first-order valence-electron chi connectivity index (χ1n) is 7.29. The van der Waals surface area contributed by atoms with Gasteiger partial charge in [0.05, 0.1) is 6.04 Å². The Bertz CT molecular complexity index is 584. The fourth-order valence-electron chi connectivity index (χ4n) is 2.75. The lowest BCUT2D eigenvalue weighted by atomic mass is 10.1. The van der Waals surface area contributed by atoms with Crippen molar-refractivity contribution in [3.8, 4) is 0 Å². The van der Waals surface area contributed by atoms with E-state index in [1.807, 2.05) is 25.3 Å². The third-order valence-corrected chi connectivity index (χ3v) is 3.91. The Morgan fingerprint density at radius 2 is 2.29 bits per heavy atom. The van der Waals surface area contributed by atoms with Crippen molar-refractivity contribution in [2.75, 3.05) is 13.1 Å². The fourth-order valence-corrected chi connectivity index (χ4v) is 2.75. The Morgan fingerprint density at radius 3 is 3.00 bits per heavy atom. The number of aromatic amines is 1. The number of piperidine rings is 1. The Morgan fingerprint density at radius 1 is 1.48 bits per heavy atom. The highest BCUT2D eigenvalue weighted by Gasteiger charge is 2.21. The van der Waals surface area contributed by atoms with Crippen LogP contribution in [-0.2, 0) is 0 Å². The van der Waals surface area contributed by atoms with Crippen LogP contribution in [0.1, 0.15) is 48.2 Å². The van der Waals surface area contributed by atoms with E-state index in [9.17, 15) is 4.79 Å². The van der Waals surface area contributed by atoms with Crippen molar-refractivity contribution in [2.45, 2.75) is 31.8 Å². The van der Waals surface area contributed by atoms with Crippen molar-refractivity contribution in [1.82, 2.24) is 30.4 Å². The maximum Gasteiger partial charge on any atom is 0.268 e. The van der Waals surface area contributed by atoms with E-state index in [1.165, 1.54) is 6.33 Å². The van der Waals surface area contributed by atoms with E-state index in [0.717, 1.165) is 25.9 Å². The largest absolute Gasteiger partial charge is 0.341 e. The van der Waals surface area contributed by atoms with Gasteiger partial charge in [-0.15, -0.1) is 0 Å². The SMILES string of the molecule is CC(NC(=O)c1cccn1C1CCNCC1)c1ncn[nH]1. The number of carbonyl (C=O) groups excluding carboxylic acids is 1. The van der Waals surface area contributed by atoms with Gasteiger partial charge in [0, 0.05) is 12.2 Å². The van der Waals surface area contributed by atoms with E-state index in [1.54, 1.807) is 0 Å². The highest BCUT2D eigenvalue weighted by Crippen LogP contribution is 2.21. The number of carbonyl (C=O) groups is 1. The summed E-state index contributed by atoms with van der Waals surface area (Å²) in [6.45, 7) is 3.88. The van der Waals surface area contributed by atoms with Gasteiger partial charge in [-0.1, -0.05) is 0 Å². The van der Waals surface area contributed by atoms with Crippen LogP contribution in [0.15, 0.2) is 24.7 Å². The summed E-state index contributed by atoms with van der Waals surface area (Å²) >= 11 is 0. The molecule has 0 aliphatic carbocycles. The molecule has 1 unspecified atom stereocenters. The molecule has 1 aliphatic rings. The summed E-state index contributed by atoms with van der Waals surface area (Å²) in [4.78, 5) is 16.5. The summed E-state index contributed by atoms with van der Waals surface area (Å²) in [6, 6.07) is 3.99. The van der Waals surface area contributed by atoms with Gasteiger partial charge < -0.3 is 15.2 Å². The maximum atomic E-state index is 12.5. The van der Waals surface area contributed by atoms with Gasteiger partial charge in [0.1, 0.15) is 17.8 Å². The summed E-state index contributed by atoms with van der Waals surface area (Å²) < 4.78 is 2.09. The van der Waals surface area contributed by atoms with Crippen molar-refractivity contribution in [3.05, 3.63) is 36.2 Å². The number of hydrogen-bond donors (Lipinski definition) is 3. The van der Waals surface area contributed by atoms with E-state index in [-0.39, 0.29) is 11.9 Å². The van der Waals surface area contributed by atoms with Crippen LogP contribution in [0.25, 0.3) is 0 Å². The van der Waals surface area contributed by atoms with Crippen LogP contribution in [0.5, 0.6) is 0 Å². The molecule has 21 heavy (non-hydrogen) atoms. The summed E-state index contributed by atoms with van der Waals surface area (Å²) in [5.74, 6) is 0.575. The molecule has 1 atom stereocenters. The topological polar surface area (TPSA) is 87.6 Å². The van der Waals surface area contributed by atoms with Crippen LogP contribution < -0.4 is 10.6 Å². The van der Waals surface area contributed by atoms with E-state index in [4.69, 9.17) is 0 Å². The van der Waals surface area contributed by atoms with Crippen LogP contribution in [0.4, 0.5) is 0 Å². The Balaban J connectivity index is 1.71. The molecule has 7 heteroatoms. The Hall–Kier alpha value is -2.15. The lowest BCUT2D eigenvalue weighted by Gasteiger charge is -2.26. The predicted octanol–water partition coefficient (Wildman–Crippen LogP) is 1.02. The van der Waals surface area contributed by atoms with E-state index in [0.29, 0.717) is 17.6 Å². The summed E-state index contributed by atoms with van der Waals surface area (Å²) in [6.07, 6.45) is 5.53. The van der Waals surface area contributed by atoms with Gasteiger partial charge in [0.15, 0.2) is 0 Å². The molecule has 7 nitrogen and oxygen atoms in total. The minimum Gasteiger partial charge on any atom is -0.341 e. The number of nitrogens with one attached hydrogen (secondary N) is 3. The Kier molecular flexibility index (Phi) is 4.01. The van der Waals surface area contributed by atoms with Crippen LogP contribution in [0.3, 0.4) is 0 Å². The highest BCUT2D eigenvalue weighted by atomic mass is 16.2. The molecule has 1 fully saturated rings. The third-order valence-electron chi connectivity index (χ3n) is 3.91. The number of hydrogen-bond acceptors (Lipinski definition) is 4. The molecule has 1 amide bonds. The number of amides is 1. The van der Waals surface area contributed by atoms with E-state index in [2.05, 4.69) is 30.4 Å². The first-order valence-corrected chi connectivity index (χ1v) is 7.29. The number of H-pyrrole nitrogens is 1. The fraction of sp³-hybridized carbons (Fsp3) is 0.500. The number of rotatable bonds is 4. The van der Waals surface area contributed by atoms with E-state index < -0.39 is 0 Å². The molecule has 0 bridgehead atoms. The summed E-state index contributed by atoms with van der Waals surface area (Å²) in [5, 5.41) is 12.9. The second-order valence-electron chi connectivity index (χ2n) is 5.35. The van der Waals surface area contributed by atoms with Gasteiger partial charge in [0.2, 0.25) is 0 Å². The van der Waals surface area contributed by atoms with Crippen molar-refractivity contribution >= 4 is 5.91 Å². The third kappa shape index (κ3) is 2.97. The molecule has 0 spiro atoms. The van der Waals surface area contributed by atoms with Gasteiger partial charge in [-0.25, -0.2) is 4.98 Å². The van der Waals surface area contributed by atoms with Gasteiger partial charge in [-0.3, -0.25) is 9.89 Å². The molecule has 0 aromatic carbocycles. The zero-order valence-electron chi connectivity index (χ0n) is 12.0. The molecule has 3 heterocycles. The lowest BCUT2D eigenvalue weighted by molar-refractivity contribution is 0.0925. The van der Waals surface area contributed by atoms with Crippen molar-refractivity contribution in [1.29, 1.82) is 0 Å². The molecule has 2 aromatic rings. The monoisotopic (exact) mass is 288 g/mol. The second-order valence-corrected chi connectivity index (χ2v) is 5.35.